The Kier molecular flexibility index (Phi) is 4.61. The molecule has 0 fully saturated rings. The predicted molar refractivity (Wildman–Crippen MR) is 110 cm³/mol. The molecule has 0 bridgehead atoms. The van der Waals surface area contributed by atoms with Gasteiger partial charge < -0.3 is 18.5 Å². The van der Waals surface area contributed by atoms with E-state index in [9.17, 15) is 0 Å². The van der Waals surface area contributed by atoms with Crippen LogP contribution in [0, 0.1) is 0 Å². The van der Waals surface area contributed by atoms with Gasteiger partial charge in [0.05, 0.1) is 5.69 Å². The molecule has 10 heteroatoms. The molecule has 4 heterocycles. The lowest BCUT2D eigenvalue weighted by molar-refractivity contribution is 0.174. The van der Waals surface area contributed by atoms with Crippen LogP contribution in [-0.2, 0) is 12.8 Å². The molecule has 0 N–H and O–H groups in total. The van der Waals surface area contributed by atoms with Gasteiger partial charge in [0.1, 0.15) is 5.01 Å². The molecule has 1 aromatic carbocycles. The number of hydrogen-bond acceptors (Lipinski definition) is 8. The summed E-state index contributed by atoms with van der Waals surface area (Å²) in [6.45, 7) is 0.271. The van der Waals surface area contributed by atoms with E-state index in [0.717, 1.165) is 32.9 Å². The van der Waals surface area contributed by atoms with Gasteiger partial charge in [0, 0.05) is 23.7 Å². The number of rotatable bonds is 5. The number of ether oxygens (including phenoxy) is 2. The molecule has 5 rings (SSSR count). The fourth-order valence-corrected chi connectivity index (χ4v) is 4.80. The number of halogens is 1. The lowest BCUT2D eigenvalue weighted by atomic mass is 10.2. The number of fused-ring (bicyclic) bond motifs is 1. The van der Waals surface area contributed by atoms with Crippen molar-refractivity contribution in [2.75, 3.05) is 6.79 Å². The number of hydrogen-bond donors (Lipinski definition) is 0. The minimum atomic E-state index is 0.271. The van der Waals surface area contributed by atoms with Crippen molar-refractivity contribution in [3.63, 3.8) is 0 Å². The third-order valence-corrected chi connectivity index (χ3v) is 6.57. The SMILES string of the molecule is Cn1c(SCc2csc(-c3ccc4c(c3)OCO4)n2)nnc1-c1ccc(Br)o1. The number of furan rings is 1. The standard InChI is InChI=1S/C18H13BrN4O3S2/c1-23-16(13-4-5-15(19)26-13)21-22-18(23)28-8-11-7-27-17(20-11)10-2-3-12-14(6-10)25-9-24-12/h2-7H,8-9H2,1H3. The monoisotopic (exact) mass is 476 g/mol. The Hall–Kier alpha value is -2.30. The van der Waals surface area contributed by atoms with Crippen molar-refractivity contribution in [2.24, 2.45) is 7.05 Å². The summed E-state index contributed by atoms with van der Waals surface area (Å²) in [7, 11) is 1.92. The number of thioether (sulfide) groups is 1. The first-order valence-electron chi connectivity index (χ1n) is 8.30. The number of thiazole rings is 1. The summed E-state index contributed by atoms with van der Waals surface area (Å²) in [5, 5.41) is 12.3. The van der Waals surface area contributed by atoms with E-state index in [1.807, 2.05) is 41.9 Å². The molecule has 1 aliphatic heterocycles. The first kappa shape index (κ1) is 17.8. The van der Waals surface area contributed by atoms with Crippen molar-refractivity contribution in [2.45, 2.75) is 10.9 Å². The second-order valence-electron chi connectivity index (χ2n) is 5.97. The zero-order valence-electron chi connectivity index (χ0n) is 14.6. The Labute approximate surface area is 176 Å². The fraction of sp³-hybridized carbons (Fsp3) is 0.167. The van der Waals surface area contributed by atoms with E-state index in [4.69, 9.17) is 18.9 Å². The van der Waals surface area contributed by atoms with Gasteiger partial charge in [-0.15, -0.1) is 21.5 Å². The van der Waals surface area contributed by atoms with Crippen LogP contribution >= 0.6 is 39.0 Å². The quantitative estimate of drug-likeness (QED) is 0.375. The summed E-state index contributed by atoms with van der Waals surface area (Å²) in [5.74, 6) is 3.60. The van der Waals surface area contributed by atoms with Crippen LogP contribution in [0.5, 0.6) is 11.5 Å². The molecule has 0 aliphatic carbocycles. The zero-order chi connectivity index (χ0) is 19.1. The minimum Gasteiger partial charge on any atom is -0.454 e. The van der Waals surface area contributed by atoms with Crippen molar-refractivity contribution < 1.29 is 13.9 Å². The zero-order valence-corrected chi connectivity index (χ0v) is 17.8. The molecule has 0 unspecified atom stereocenters. The molecular weight excluding hydrogens is 464 g/mol. The average molecular weight is 477 g/mol. The third kappa shape index (κ3) is 3.31. The maximum Gasteiger partial charge on any atom is 0.231 e. The summed E-state index contributed by atoms with van der Waals surface area (Å²) in [5.41, 5.74) is 2.02. The van der Waals surface area contributed by atoms with Gasteiger partial charge in [-0.05, 0) is 46.3 Å². The van der Waals surface area contributed by atoms with E-state index in [2.05, 4.69) is 31.5 Å². The van der Waals surface area contributed by atoms with Crippen LogP contribution in [0.2, 0.25) is 0 Å². The Bertz CT molecular complexity index is 1150. The fourth-order valence-electron chi connectivity index (χ4n) is 2.76. The van der Waals surface area contributed by atoms with Crippen molar-refractivity contribution >= 4 is 39.0 Å². The van der Waals surface area contributed by atoms with E-state index in [1.54, 1.807) is 23.1 Å². The average Bonchev–Trinajstić information content (AvgIpc) is 3.47. The van der Waals surface area contributed by atoms with Crippen molar-refractivity contribution in [3.05, 3.63) is 46.1 Å². The second kappa shape index (κ2) is 7.26. The summed E-state index contributed by atoms with van der Waals surface area (Å²) in [6.07, 6.45) is 0. The molecular formula is C18H13BrN4O3S2. The maximum absolute atomic E-state index is 5.56. The summed E-state index contributed by atoms with van der Waals surface area (Å²) < 4.78 is 19.0. The molecule has 0 atom stereocenters. The second-order valence-corrected chi connectivity index (χ2v) is 8.55. The first-order chi connectivity index (χ1) is 13.7. The lowest BCUT2D eigenvalue weighted by Crippen LogP contribution is -1.94. The van der Waals surface area contributed by atoms with Gasteiger partial charge in [0.2, 0.25) is 6.79 Å². The van der Waals surface area contributed by atoms with Gasteiger partial charge in [0.15, 0.2) is 32.9 Å². The topological polar surface area (TPSA) is 75.2 Å². The van der Waals surface area contributed by atoms with Crippen LogP contribution in [0.1, 0.15) is 5.69 Å². The highest BCUT2D eigenvalue weighted by molar-refractivity contribution is 9.10. The van der Waals surface area contributed by atoms with Crippen molar-refractivity contribution in [1.29, 1.82) is 0 Å². The Morgan fingerprint density at radius 3 is 2.93 bits per heavy atom. The minimum absolute atomic E-state index is 0.271. The molecule has 0 saturated carbocycles. The van der Waals surface area contributed by atoms with E-state index in [-0.39, 0.29) is 6.79 Å². The van der Waals surface area contributed by atoms with Crippen LogP contribution in [0.3, 0.4) is 0 Å². The Morgan fingerprint density at radius 1 is 1.18 bits per heavy atom. The largest absolute Gasteiger partial charge is 0.454 e. The van der Waals surface area contributed by atoms with Crippen molar-refractivity contribution in [1.82, 2.24) is 19.7 Å². The van der Waals surface area contributed by atoms with Gasteiger partial charge in [0.25, 0.3) is 0 Å². The van der Waals surface area contributed by atoms with E-state index < -0.39 is 0 Å². The Morgan fingerprint density at radius 2 is 2.07 bits per heavy atom. The normalized spacial score (nSPS) is 12.6. The highest BCUT2D eigenvalue weighted by Crippen LogP contribution is 2.37. The number of nitrogens with zero attached hydrogens (tertiary/aromatic N) is 4. The molecule has 0 radical (unpaired) electrons. The van der Waals surface area contributed by atoms with Crippen LogP contribution in [0.4, 0.5) is 0 Å². The van der Waals surface area contributed by atoms with Crippen LogP contribution in [-0.4, -0.2) is 26.5 Å². The van der Waals surface area contributed by atoms with Crippen molar-refractivity contribution in [3.8, 4) is 33.7 Å². The molecule has 1 aliphatic rings. The predicted octanol–water partition coefficient (Wildman–Crippen LogP) is 4.98. The molecule has 28 heavy (non-hydrogen) atoms. The molecule has 0 saturated heterocycles. The molecule has 0 amide bonds. The van der Waals surface area contributed by atoms with Gasteiger partial charge in [-0.25, -0.2) is 4.98 Å². The Balaban J connectivity index is 1.30. The molecule has 7 nitrogen and oxygen atoms in total. The molecule has 4 aromatic rings. The molecule has 0 spiro atoms. The van der Waals surface area contributed by atoms with Crippen LogP contribution in [0.25, 0.3) is 22.2 Å². The summed E-state index contributed by atoms with van der Waals surface area (Å²) >= 11 is 6.50. The number of benzene rings is 1. The highest BCUT2D eigenvalue weighted by Gasteiger charge is 2.17. The first-order valence-corrected chi connectivity index (χ1v) is 11.0. The third-order valence-electron chi connectivity index (χ3n) is 4.15. The summed E-state index contributed by atoms with van der Waals surface area (Å²) in [6, 6.07) is 9.58. The maximum atomic E-state index is 5.56. The van der Waals surface area contributed by atoms with Gasteiger partial charge in [-0.1, -0.05) is 11.8 Å². The van der Waals surface area contributed by atoms with E-state index in [1.165, 1.54) is 0 Å². The smallest absolute Gasteiger partial charge is 0.231 e. The highest BCUT2D eigenvalue weighted by atomic mass is 79.9. The van der Waals surface area contributed by atoms with E-state index in [0.29, 0.717) is 22.0 Å². The van der Waals surface area contributed by atoms with Crippen LogP contribution in [0.15, 0.2) is 50.0 Å². The summed E-state index contributed by atoms with van der Waals surface area (Å²) in [4.78, 5) is 4.74. The van der Waals surface area contributed by atoms with Gasteiger partial charge in [-0.3, -0.25) is 0 Å². The van der Waals surface area contributed by atoms with Gasteiger partial charge in [-0.2, -0.15) is 0 Å². The van der Waals surface area contributed by atoms with Gasteiger partial charge >= 0.3 is 0 Å². The lowest BCUT2D eigenvalue weighted by Gasteiger charge is -2.01. The molecule has 3 aromatic heterocycles. The van der Waals surface area contributed by atoms with Crippen LogP contribution < -0.4 is 9.47 Å². The number of aromatic nitrogens is 4. The van der Waals surface area contributed by atoms with E-state index >= 15 is 0 Å². The molecule has 142 valence electrons.